The van der Waals surface area contributed by atoms with Crippen molar-refractivity contribution in [3.63, 3.8) is 0 Å². The number of nitro groups is 1. The molecule has 1 N–H and O–H groups in total. The second-order valence-electron chi connectivity index (χ2n) is 7.81. The Hall–Kier alpha value is -3.20. The maximum Gasteiger partial charge on any atom is 0.293 e. The zero-order valence-electron chi connectivity index (χ0n) is 16.7. The molecule has 1 aromatic heterocycles. The van der Waals surface area contributed by atoms with Crippen LogP contribution in [0, 0.1) is 16.0 Å². The Kier molecular flexibility index (Phi) is 5.54. The fourth-order valence-electron chi connectivity index (χ4n) is 4.54. The Morgan fingerprint density at radius 2 is 2.10 bits per heavy atom. The van der Waals surface area contributed by atoms with Gasteiger partial charge in [-0.3, -0.25) is 19.7 Å². The number of piperidine rings is 1. The molecule has 2 aliphatic rings. The Bertz CT molecular complexity index is 1030. The maximum absolute atomic E-state index is 12.3. The van der Waals surface area contributed by atoms with Crippen molar-refractivity contribution < 1.29 is 14.5 Å². The number of methoxy groups -OCH3 is 1. The molecule has 9 nitrogen and oxygen atoms in total. The Balaban J connectivity index is 1.61. The summed E-state index contributed by atoms with van der Waals surface area (Å²) in [5, 5.41) is 14.5. The summed E-state index contributed by atoms with van der Waals surface area (Å²) >= 11 is 0. The van der Waals surface area contributed by atoms with Gasteiger partial charge in [-0.15, -0.1) is 0 Å². The van der Waals surface area contributed by atoms with E-state index in [0.717, 1.165) is 12.1 Å². The van der Waals surface area contributed by atoms with Crippen LogP contribution in [0.5, 0.6) is 0 Å². The lowest BCUT2D eigenvalue weighted by Gasteiger charge is -2.43. The van der Waals surface area contributed by atoms with Crippen molar-refractivity contribution in [2.45, 2.75) is 18.9 Å². The van der Waals surface area contributed by atoms with Crippen molar-refractivity contribution in [2.24, 2.45) is 5.92 Å². The number of rotatable bonds is 6. The maximum atomic E-state index is 12.3. The second-order valence-corrected chi connectivity index (χ2v) is 7.81. The van der Waals surface area contributed by atoms with Crippen LogP contribution in [0.1, 0.15) is 28.4 Å². The average molecular weight is 412 g/mol. The summed E-state index contributed by atoms with van der Waals surface area (Å²) in [5.41, 5.74) is 1.66. The van der Waals surface area contributed by atoms with Gasteiger partial charge in [-0.2, -0.15) is 0 Å². The van der Waals surface area contributed by atoms with Gasteiger partial charge in [0, 0.05) is 62.6 Å². The lowest BCUT2D eigenvalue weighted by atomic mass is 9.83. The van der Waals surface area contributed by atoms with E-state index in [1.165, 1.54) is 13.2 Å². The molecule has 9 heteroatoms. The minimum atomic E-state index is -0.440. The van der Waals surface area contributed by atoms with E-state index in [1.807, 2.05) is 15.5 Å². The van der Waals surface area contributed by atoms with E-state index in [1.54, 1.807) is 24.3 Å². The van der Waals surface area contributed by atoms with Crippen LogP contribution in [0.3, 0.4) is 0 Å². The number of benzene rings is 1. The number of carbonyl (C=O) groups excluding carboxylic acids is 1. The summed E-state index contributed by atoms with van der Waals surface area (Å²) in [5.74, 6) is 0.0153. The number of nitro benzene ring substituents is 1. The highest BCUT2D eigenvalue weighted by Crippen LogP contribution is 2.39. The second kappa shape index (κ2) is 8.27. The van der Waals surface area contributed by atoms with Crippen LogP contribution in [-0.2, 0) is 11.3 Å². The number of nitrogens with one attached hydrogen (secondary N) is 1. The zero-order chi connectivity index (χ0) is 21.3. The smallest absolute Gasteiger partial charge is 0.293 e. The van der Waals surface area contributed by atoms with Crippen LogP contribution >= 0.6 is 0 Å². The molecule has 2 aromatic rings. The van der Waals surface area contributed by atoms with Crippen molar-refractivity contribution in [3.8, 4) is 0 Å². The molecular weight excluding hydrogens is 388 g/mol. The lowest BCUT2D eigenvalue weighted by Crippen LogP contribution is -2.47. The predicted octanol–water partition coefficient (Wildman–Crippen LogP) is 1.76. The molecule has 0 radical (unpaired) electrons. The molecule has 2 atom stereocenters. The van der Waals surface area contributed by atoms with Gasteiger partial charge in [0.05, 0.1) is 11.5 Å². The largest absolute Gasteiger partial charge is 0.383 e. The van der Waals surface area contributed by atoms with Gasteiger partial charge in [-0.1, -0.05) is 6.07 Å². The minimum Gasteiger partial charge on any atom is -0.383 e. The van der Waals surface area contributed by atoms with E-state index in [0.29, 0.717) is 38.5 Å². The molecule has 2 aliphatic heterocycles. The quantitative estimate of drug-likeness (QED) is 0.440. The van der Waals surface area contributed by atoms with E-state index in [4.69, 9.17) is 4.74 Å². The Labute approximate surface area is 173 Å². The molecule has 1 saturated heterocycles. The van der Waals surface area contributed by atoms with Crippen molar-refractivity contribution in [1.82, 2.24) is 9.88 Å². The predicted molar refractivity (Wildman–Crippen MR) is 111 cm³/mol. The average Bonchev–Trinajstić information content (AvgIpc) is 2.74. The molecule has 0 saturated carbocycles. The first-order valence-electron chi connectivity index (χ1n) is 9.98. The molecule has 1 amide bonds. The highest BCUT2D eigenvalue weighted by atomic mass is 16.6. The van der Waals surface area contributed by atoms with Gasteiger partial charge < -0.3 is 19.5 Å². The molecule has 4 rings (SSSR count). The Morgan fingerprint density at radius 1 is 1.27 bits per heavy atom. The van der Waals surface area contributed by atoms with Crippen LogP contribution in [0.15, 0.2) is 41.2 Å². The van der Waals surface area contributed by atoms with Gasteiger partial charge in [0.25, 0.3) is 17.2 Å². The number of carbonyl (C=O) groups is 1. The van der Waals surface area contributed by atoms with E-state index in [-0.39, 0.29) is 34.6 Å². The fraction of sp³-hybridized carbons (Fsp3) is 0.429. The van der Waals surface area contributed by atoms with Gasteiger partial charge in [0.1, 0.15) is 5.69 Å². The number of hydrogen-bond donors (Lipinski definition) is 1. The van der Waals surface area contributed by atoms with Crippen molar-refractivity contribution in [2.75, 3.05) is 38.3 Å². The normalized spacial score (nSPS) is 19.8. The first-order chi connectivity index (χ1) is 14.5. The van der Waals surface area contributed by atoms with E-state index in [9.17, 15) is 19.7 Å². The number of hydrogen-bond acceptors (Lipinski definition) is 6. The summed E-state index contributed by atoms with van der Waals surface area (Å²) in [6, 6.07) is 9.92. The van der Waals surface area contributed by atoms with Crippen molar-refractivity contribution in [1.29, 1.82) is 0 Å². The number of pyridine rings is 1. The summed E-state index contributed by atoms with van der Waals surface area (Å²) in [6.07, 6.45) is 0.966. The molecule has 1 fully saturated rings. The summed E-state index contributed by atoms with van der Waals surface area (Å²) in [6.45, 7) is 2.56. The molecule has 1 aromatic carbocycles. The van der Waals surface area contributed by atoms with Crippen molar-refractivity contribution in [3.05, 3.63) is 68.1 Å². The van der Waals surface area contributed by atoms with Gasteiger partial charge in [0.15, 0.2) is 0 Å². The van der Waals surface area contributed by atoms with Gasteiger partial charge in [-0.25, -0.2) is 0 Å². The summed E-state index contributed by atoms with van der Waals surface area (Å²) in [7, 11) is 1.54. The minimum absolute atomic E-state index is 0.00506. The van der Waals surface area contributed by atoms with Gasteiger partial charge >= 0.3 is 0 Å². The first kappa shape index (κ1) is 20.1. The van der Waals surface area contributed by atoms with Gasteiger partial charge in [-0.05, 0) is 30.5 Å². The molecule has 0 unspecified atom stereocenters. The highest BCUT2D eigenvalue weighted by molar-refractivity contribution is 5.95. The summed E-state index contributed by atoms with van der Waals surface area (Å²) < 4.78 is 6.74. The molecule has 2 bridgehead atoms. The monoisotopic (exact) mass is 412 g/mol. The van der Waals surface area contributed by atoms with E-state index >= 15 is 0 Å². The lowest BCUT2D eigenvalue weighted by molar-refractivity contribution is -0.384. The molecule has 158 valence electrons. The number of aromatic nitrogens is 1. The van der Waals surface area contributed by atoms with Crippen LogP contribution in [-0.4, -0.2) is 48.7 Å². The Morgan fingerprint density at radius 3 is 2.87 bits per heavy atom. The third-order valence-electron chi connectivity index (χ3n) is 5.85. The molecule has 30 heavy (non-hydrogen) atoms. The molecule has 0 spiro atoms. The number of nitrogens with zero attached hydrogens (tertiary/aromatic N) is 3. The molecule has 3 heterocycles. The number of amides is 1. The highest BCUT2D eigenvalue weighted by Gasteiger charge is 2.36. The zero-order valence-corrected chi connectivity index (χ0v) is 16.7. The fourth-order valence-corrected chi connectivity index (χ4v) is 4.54. The molecular formula is C21H24N4O5. The van der Waals surface area contributed by atoms with Crippen LogP contribution < -0.4 is 15.8 Å². The van der Waals surface area contributed by atoms with Crippen LogP contribution in [0.2, 0.25) is 0 Å². The van der Waals surface area contributed by atoms with Crippen LogP contribution in [0.4, 0.5) is 11.4 Å². The summed E-state index contributed by atoms with van der Waals surface area (Å²) in [4.78, 5) is 37.8. The standard InChI is InChI=1S/C21H24N4O5/c1-30-8-7-22-21(27)15-5-6-18(19(10-15)25(28)29)23-11-14-9-16(13-23)17-3-2-4-20(26)24(17)12-14/h2-6,10,14,16H,7-9,11-13H2,1H3,(H,22,27)/t14-,16+/m1/s1. The topological polar surface area (TPSA) is 107 Å². The van der Waals surface area contributed by atoms with Gasteiger partial charge in [0.2, 0.25) is 0 Å². The van der Waals surface area contributed by atoms with Crippen LogP contribution in [0.25, 0.3) is 0 Å². The van der Waals surface area contributed by atoms with E-state index in [2.05, 4.69) is 5.32 Å². The SMILES string of the molecule is COCCNC(=O)c1ccc(N2C[C@H]3C[C@@H](C2)c2cccc(=O)n2C3)c([N+](=O)[O-])c1. The first-order valence-corrected chi connectivity index (χ1v) is 9.98. The number of ether oxygens (including phenoxy) is 1. The number of anilines is 1. The molecule has 0 aliphatic carbocycles. The van der Waals surface area contributed by atoms with E-state index < -0.39 is 4.92 Å². The van der Waals surface area contributed by atoms with Crippen molar-refractivity contribution >= 4 is 17.3 Å². The number of fused-ring (bicyclic) bond motifs is 4. The third kappa shape index (κ3) is 3.80. The third-order valence-corrected chi connectivity index (χ3v) is 5.85.